The van der Waals surface area contributed by atoms with E-state index in [0.29, 0.717) is 21.9 Å². The number of halogens is 2. The normalized spacial score (nSPS) is 10.8. The van der Waals surface area contributed by atoms with Gasteiger partial charge in [0.1, 0.15) is 11.3 Å². The second-order valence-electron chi connectivity index (χ2n) is 4.44. The smallest absolute Gasteiger partial charge is 0.337 e. The van der Waals surface area contributed by atoms with Crippen molar-refractivity contribution in [2.75, 3.05) is 7.11 Å². The number of nitrogens with one attached hydrogen (secondary N) is 1. The minimum absolute atomic E-state index is 0.363. The first-order valence-corrected chi connectivity index (χ1v) is 7.29. The van der Waals surface area contributed by atoms with Crippen molar-refractivity contribution in [2.45, 2.75) is 0 Å². The van der Waals surface area contributed by atoms with E-state index in [2.05, 4.69) is 30.6 Å². The Labute approximate surface area is 134 Å². The summed E-state index contributed by atoms with van der Waals surface area (Å²) in [4.78, 5) is 19.1. The number of hydrogen-bond donors (Lipinski definition) is 1. The van der Waals surface area contributed by atoms with Crippen molar-refractivity contribution in [3.8, 4) is 11.4 Å². The number of nitrogens with zero attached hydrogens (tertiary/aromatic N) is 1. The summed E-state index contributed by atoms with van der Waals surface area (Å²) >= 11 is 9.57. The van der Waals surface area contributed by atoms with E-state index >= 15 is 0 Å². The summed E-state index contributed by atoms with van der Waals surface area (Å²) in [5.74, 6) is 0.333. The number of carbonyl (C=O) groups excluding carboxylic acids is 1. The van der Waals surface area contributed by atoms with Crippen LogP contribution in [-0.2, 0) is 4.74 Å². The molecule has 2 aromatic carbocycles. The predicted octanol–water partition coefficient (Wildman–Crippen LogP) is 4.43. The standard InChI is InChI=1S/C15H10BrClN2O2/c1-21-15(20)9-4-2-8(3-5-9)14-18-12-7-10(16)6-11(17)13(12)19-14/h2-7H,1H3,(H,18,19). The monoisotopic (exact) mass is 364 g/mol. The van der Waals surface area contributed by atoms with Crippen molar-refractivity contribution in [3.63, 3.8) is 0 Å². The number of esters is 1. The summed E-state index contributed by atoms with van der Waals surface area (Å²) in [6, 6.07) is 10.7. The molecule has 21 heavy (non-hydrogen) atoms. The lowest BCUT2D eigenvalue weighted by Crippen LogP contribution is -2.00. The number of aromatic amines is 1. The second-order valence-corrected chi connectivity index (χ2v) is 5.76. The van der Waals surface area contributed by atoms with Crippen LogP contribution in [0.25, 0.3) is 22.4 Å². The largest absolute Gasteiger partial charge is 0.465 e. The van der Waals surface area contributed by atoms with Gasteiger partial charge in [0, 0.05) is 10.0 Å². The van der Waals surface area contributed by atoms with Gasteiger partial charge in [-0.3, -0.25) is 0 Å². The third-order valence-electron chi connectivity index (χ3n) is 3.08. The maximum absolute atomic E-state index is 11.4. The SMILES string of the molecule is COC(=O)c1ccc(-c2nc3c(Cl)cc(Br)cc3[nH]2)cc1. The molecule has 0 spiro atoms. The van der Waals surface area contributed by atoms with Crippen LogP contribution in [0.15, 0.2) is 40.9 Å². The van der Waals surface area contributed by atoms with Crippen molar-refractivity contribution in [2.24, 2.45) is 0 Å². The molecule has 0 atom stereocenters. The van der Waals surface area contributed by atoms with Crippen molar-refractivity contribution >= 4 is 44.5 Å². The van der Waals surface area contributed by atoms with Gasteiger partial charge in [-0.1, -0.05) is 39.7 Å². The highest BCUT2D eigenvalue weighted by atomic mass is 79.9. The zero-order valence-corrected chi connectivity index (χ0v) is 13.3. The van der Waals surface area contributed by atoms with E-state index in [1.54, 1.807) is 18.2 Å². The number of rotatable bonds is 2. The number of imidazole rings is 1. The molecule has 3 rings (SSSR count). The van der Waals surface area contributed by atoms with E-state index in [4.69, 9.17) is 11.6 Å². The average Bonchev–Trinajstić information content (AvgIpc) is 2.91. The molecule has 1 aromatic heterocycles. The van der Waals surface area contributed by atoms with E-state index < -0.39 is 0 Å². The number of hydrogen-bond acceptors (Lipinski definition) is 3. The molecule has 0 aliphatic rings. The average molecular weight is 366 g/mol. The summed E-state index contributed by atoms with van der Waals surface area (Å²) in [7, 11) is 1.36. The zero-order valence-electron chi connectivity index (χ0n) is 11.0. The van der Waals surface area contributed by atoms with E-state index in [9.17, 15) is 4.79 Å². The first-order valence-electron chi connectivity index (χ1n) is 6.12. The van der Waals surface area contributed by atoms with Crippen molar-refractivity contribution < 1.29 is 9.53 Å². The van der Waals surface area contributed by atoms with E-state index in [0.717, 1.165) is 15.6 Å². The maximum Gasteiger partial charge on any atom is 0.337 e. The number of aromatic nitrogens is 2. The number of fused-ring (bicyclic) bond motifs is 1. The molecule has 1 heterocycles. The van der Waals surface area contributed by atoms with Crippen LogP contribution in [0.1, 0.15) is 10.4 Å². The first kappa shape index (κ1) is 14.1. The van der Waals surface area contributed by atoms with Gasteiger partial charge in [-0.2, -0.15) is 0 Å². The van der Waals surface area contributed by atoms with Crippen LogP contribution < -0.4 is 0 Å². The molecule has 4 nitrogen and oxygen atoms in total. The molecule has 0 radical (unpaired) electrons. The van der Waals surface area contributed by atoms with Gasteiger partial charge in [0.25, 0.3) is 0 Å². The van der Waals surface area contributed by atoms with Crippen LogP contribution in [0.4, 0.5) is 0 Å². The quantitative estimate of drug-likeness (QED) is 0.683. The fourth-order valence-corrected chi connectivity index (χ4v) is 2.91. The van der Waals surface area contributed by atoms with E-state index in [1.165, 1.54) is 7.11 Å². The summed E-state index contributed by atoms with van der Waals surface area (Å²) < 4.78 is 5.56. The summed E-state index contributed by atoms with van der Waals surface area (Å²) in [6.45, 7) is 0. The van der Waals surface area contributed by atoms with Gasteiger partial charge in [0.15, 0.2) is 0 Å². The Morgan fingerprint density at radius 2 is 2.00 bits per heavy atom. The molecule has 0 fully saturated rings. The van der Waals surface area contributed by atoms with Crippen LogP contribution in [0.2, 0.25) is 5.02 Å². The van der Waals surface area contributed by atoms with Crippen molar-refractivity contribution in [1.29, 1.82) is 0 Å². The van der Waals surface area contributed by atoms with Crippen LogP contribution in [0, 0.1) is 0 Å². The van der Waals surface area contributed by atoms with Gasteiger partial charge >= 0.3 is 5.97 Å². The molecule has 0 bridgehead atoms. The lowest BCUT2D eigenvalue weighted by molar-refractivity contribution is 0.0601. The Balaban J connectivity index is 2.04. The first-order chi connectivity index (χ1) is 10.1. The summed E-state index contributed by atoms with van der Waals surface area (Å²) in [6.07, 6.45) is 0. The Morgan fingerprint density at radius 3 is 2.67 bits per heavy atom. The van der Waals surface area contributed by atoms with Gasteiger partial charge in [-0.15, -0.1) is 0 Å². The van der Waals surface area contributed by atoms with E-state index in [-0.39, 0.29) is 5.97 Å². The van der Waals surface area contributed by atoms with Gasteiger partial charge in [-0.25, -0.2) is 9.78 Å². The third kappa shape index (κ3) is 2.66. The van der Waals surface area contributed by atoms with Crippen LogP contribution in [0.3, 0.4) is 0 Å². The molecule has 6 heteroatoms. The summed E-state index contributed by atoms with van der Waals surface area (Å²) in [5, 5.41) is 0.577. The zero-order chi connectivity index (χ0) is 15.0. The van der Waals surface area contributed by atoms with Crippen LogP contribution in [-0.4, -0.2) is 23.0 Å². The maximum atomic E-state index is 11.4. The minimum Gasteiger partial charge on any atom is -0.465 e. The molecule has 0 saturated carbocycles. The number of carbonyl (C=O) groups is 1. The molecular weight excluding hydrogens is 356 g/mol. The highest BCUT2D eigenvalue weighted by Crippen LogP contribution is 2.29. The Hall–Kier alpha value is -1.85. The highest BCUT2D eigenvalue weighted by molar-refractivity contribution is 9.10. The number of ether oxygens (including phenoxy) is 1. The molecule has 106 valence electrons. The molecule has 1 N–H and O–H groups in total. The van der Waals surface area contributed by atoms with Gasteiger partial charge in [0.05, 0.1) is 23.2 Å². The Morgan fingerprint density at radius 1 is 1.29 bits per heavy atom. The lowest BCUT2D eigenvalue weighted by Gasteiger charge is -2.00. The van der Waals surface area contributed by atoms with Gasteiger partial charge in [-0.05, 0) is 24.3 Å². The molecule has 0 aliphatic heterocycles. The fourth-order valence-electron chi connectivity index (χ4n) is 2.06. The highest BCUT2D eigenvalue weighted by Gasteiger charge is 2.10. The van der Waals surface area contributed by atoms with Gasteiger partial charge in [0.2, 0.25) is 0 Å². The molecule has 0 aliphatic carbocycles. The molecule has 0 amide bonds. The van der Waals surface area contributed by atoms with Crippen LogP contribution in [0.5, 0.6) is 0 Å². The molecule has 0 unspecified atom stereocenters. The fraction of sp³-hybridized carbons (Fsp3) is 0.0667. The minimum atomic E-state index is -0.363. The molecule has 0 saturated heterocycles. The number of methoxy groups -OCH3 is 1. The Kier molecular flexibility index (Phi) is 3.69. The predicted molar refractivity (Wildman–Crippen MR) is 85.6 cm³/mol. The Bertz CT molecular complexity index is 828. The third-order valence-corrected chi connectivity index (χ3v) is 3.83. The molecular formula is C15H10BrClN2O2. The number of benzene rings is 2. The van der Waals surface area contributed by atoms with Gasteiger partial charge < -0.3 is 9.72 Å². The molecule has 3 aromatic rings. The second kappa shape index (κ2) is 5.50. The van der Waals surface area contributed by atoms with Crippen LogP contribution >= 0.6 is 27.5 Å². The van der Waals surface area contributed by atoms with Crippen molar-refractivity contribution in [3.05, 3.63) is 51.5 Å². The van der Waals surface area contributed by atoms with E-state index in [1.807, 2.05) is 18.2 Å². The number of H-pyrrole nitrogens is 1. The lowest BCUT2D eigenvalue weighted by atomic mass is 10.1. The summed E-state index contributed by atoms with van der Waals surface area (Å²) in [5.41, 5.74) is 2.93. The van der Waals surface area contributed by atoms with Crippen molar-refractivity contribution in [1.82, 2.24) is 9.97 Å². The topological polar surface area (TPSA) is 55.0 Å².